The molecule has 0 fully saturated rings. The van der Waals surface area contributed by atoms with Crippen molar-refractivity contribution in [3.63, 3.8) is 0 Å². The third kappa shape index (κ3) is 1.19. The van der Waals surface area contributed by atoms with Crippen molar-refractivity contribution in [2.45, 2.75) is 0 Å². The third-order valence-electron chi connectivity index (χ3n) is 1.77. The van der Waals surface area contributed by atoms with Gasteiger partial charge in [-0.1, -0.05) is 0 Å². The number of nitrogens with zero attached hydrogens (tertiary/aromatic N) is 4. The highest BCUT2D eigenvalue weighted by Crippen LogP contribution is 2.22. The highest BCUT2D eigenvalue weighted by molar-refractivity contribution is 9.10. The van der Waals surface area contributed by atoms with E-state index >= 15 is 0 Å². The van der Waals surface area contributed by atoms with Crippen molar-refractivity contribution < 1.29 is 0 Å². The molecule has 0 N–H and O–H groups in total. The van der Waals surface area contributed by atoms with Crippen molar-refractivity contribution in [2.24, 2.45) is 7.05 Å². The van der Waals surface area contributed by atoms with E-state index in [0.29, 0.717) is 11.3 Å². The highest BCUT2D eigenvalue weighted by Gasteiger charge is 2.06. The average molecular weight is 237 g/mol. The van der Waals surface area contributed by atoms with Gasteiger partial charge in [0.2, 0.25) is 0 Å². The summed E-state index contributed by atoms with van der Waals surface area (Å²) in [4.78, 5) is 4.12. The molecule has 0 aliphatic rings. The second-order valence-electron chi connectivity index (χ2n) is 2.61. The lowest BCUT2D eigenvalue weighted by Gasteiger charge is -1.95. The van der Waals surface area contributed by atoms with Crippen LogP contribution in [0.4, 0.5) is 0 Å². The number of rotatable bonds is 0. The fraction of sp³-hybridized carbons (Fsp3) is 0.125. The fourth-order valence-corrected chi connectivity index (χ4v) is 1.63. The van der Waals surface area contributed by atoms with Crippen LogP contribution in [0, 0.1) is 11.3 Å². The molecule has 0 spiro atoms. The first-order valence-electron chi connectivity index (χ1n) is 3.60. The fourth-order valence-electron chi connectivity index (χ4n) is 1.13. The zero-order valence-electron chi connectivity index (χ0n) is 6.82. The Balaban J connectivity index is 2.90. The molecule has 4 nitrogen and oxygen atoms in total. The van der Waals surface area contributed by atoms with Gasteiger partial charge < -0.3 is 0 Å². The molecular formula is C8H5BrN4. The maximum atomic E-state index is 8.69. The van der Waals surface area contributed by atoms with Gasteiger partial charge in [-0.25, -0.2) is 4.98 Å². The van der Waals surface area contributed by atoms with Crippen LogP contribution in [-0.4, -0.2) is 14.8 Å². The summed E-state index contributed by atoms with van der Waals surface area (Å²) in [6.07, 6.45) is 1.72. The molecule has 0 saturated heterocycles. The number of pyridine rings is 1. The maximum Gasteiger partial charge on any atom is 0.160 e. The molecule has 0 unspecified atom stereocenters. The summed E-state index contributed by atoms with van der Waals surface area (Å²) in [6.45, 7) is 0. The molecule has 2 aromatic heterocycles. The molecule has 0 amide bonds. The van der Waals surface area contributed by atoms with Gasteiger partial charge in [0.15, 0.2) is 5.65 Å². The molecule has 0 aromatic carbocycles. The summed E-state index contributed by atoms with van der Waals surface area (Å²) in [6, 6.07) is 3.68. The molecular weight excluding hydrogens is 232 g/mol. The Bertz CT molecular complexity index is 509. The smallest absolute Gasteiger partial charge is 0.160 e. The Hall–Kier alpha value is -1.41. The van der Waals surface area contributed by atoms with Gasteiger partial charge in [0, 0.05) is 11.5 Å². The lowest BCUT2D eigenvalue weighted by Crippen LogP contribution is -1.93. The van der Waals surface area contributed by atoms with Gasteiger partial charge in [-0.05, 0) is 22.0 Å². The SMILES string of the molecule is Cn1ncc2c(Br)cc(C#N)nc21. The number of aromatic nitrogens is 3. The molecule has 0 aliphatic carbocycles. The van der Waals surface area contributed by atoms with Crippen LogP contribution in [0.2, 0.25) is 0 Å². The van der Waals surface area contributed by atoms with E-state index in [1.54, 1.807) is 24.0 Å². The Labute approximate surface area is 82.9 Å². The summed E-state index contributed by atoms with van der Waals surface area (Å²) >= 11 is 3.36. The van der Waals surface area contributed by atoms with Crippen LogP contribution in [0.3, 0.4) is 0 Å². The molecule has 2 heterocycles. The van der Waals surface area contributed by atoms with Crippen molar-refractivity contribution >= 4 is 27.0 Å². The molecule has 2 aromatic rings. The topological polar surface area (TPSA) is 54.5 Å². The maximum absolute atomic E-state index is 8.69. The second kappa shape index (κ2) is 2.82. The van der Waals surface area contributed by atoms with Crippen LogP contribution in [0.25, 0.3) is 11.0 Å². The third-order valence-corrected chi connectivity index (χ3v) is 2.43. The minimum absolute atomic E-state index is 0.392. The van der Waals surface area contributed by atoms with Crippen molar-refractivity contribution in [3.05, 3.63) is 22.4 Å². The van der Waals surface area contributed by atoms with Crippen LogP contribution in [0.5, 0.6) is 0 Å². The van der Waals surface area contributed by atoms with E-state index in [4.69, 9.17) is 5.26 Å². The number of hydrogen-bond acceptors (Lipinski definition) is 3. The number of halogens is 1. The Kier molecular flexibility index (Phi) is 1.78. The Morgan fingerprint density at radius 3 is 3.08 bits per heavy atom. The van der Waals surface area contributed by atoms with E-state index < -0.39 is 0 Å². The summed E-state index contributed by atoms with van der Waals surface area (Å²) in [7, 11) is 1.79. The Morgan fingerprint density at radius 1 is 1.62 bits per heavy atom. The first-order chi connectivity index (χ1) is 6.22. The van der Waals surface area contributed by atoms with Gasteiger partial charge in [-0.2, -0.15) is 10.4 Å². The lowest BCUT2D eigenvalue weighted by molar-refractivity contribution is 0.786. The van der Waals surface area contributed by atoms with E-state index in [-0.39, 0.29) is 0 Å². The number of aryl methyl sites for hydroxylation is 1. The summed E-state index contributed by atoms with van der Waals surface area (Å²) in [5, 5.41) is 13.7. The number of hydrogen-bond donors (Lipinski definition) is 0. The van der Waals surface area contributed by atoms with Gasteiger partial charge >= 0.3 is 0 Å². The van der Waals surface area contributed by atoms with Crippen LogP contribution >= 0.6 is 15.9 Å². The minimum atomic E-state index is 0.392. The summed E-state index contributed by atoms with van der Waals surface area (Å²) in [5.41, 5.74) is 1.11. The largest absolute Gasteiger partial charge is 0.250 e. The molecule has 0 aliphatic heterocycles. The van der Waals surface area contributed by atoms with Crippen molar-refractivity contribution in [1.29, 1.82) is 5.26 Å². The molecule has 5 heteroatoms. The monoisotopic (exact) mass is 236 g/mol. The molecule has 64 valence electrons. The Morgan fingerprint density at radius 2 is 2.38 bits per heavy atom. The summed E-state index contributed by atoms with van der Waals surface area (Å²) in [5.74, 6) is 0. The normalized spacial score (nSPS) is 10.2. The first-order valence-corrected chi connectivity index (χ1v) is 4.40. The van der Waals surface area contributed by atoms with Crippen LogP contribution in [-0.2, 0) is 7.05 Å². The molecule has 13 heavy (non-hydrogen) atoms. The van der Waals surface area contributed by atoms with Gasteiger partial charge in [-0.3, -0.25) is 4.68 Å². The second-order valence-corrected chi connectivity index (χ2v) is 3.46. The summed E-state index contributed by atoms with van der Waals surface area (Å²) < 4.78 is 2.49. The van der Waals surface area contributed by atoms with Gasteiger partial charge in [0.05, 0.1) is 11.6 Å². The van der Waals surface area contributed by atoms with Gasteiger partial charge in [0.1, 0.15) is 11.8 Å². The predicted octanol–water partition coefficient (Wildman–Crippen LogP) is 1.60. The number of fused-ring (bicyclic) bond motifs is 1. The van der Waals surface area contributed by atoms with Crippen LogP contribution < -0.4 is 0 Å². The quantitative estimate of drug-likeness (QED) is 0.699. The van der Waals surface area contributed by atoms with E-state index in [0.717, 1.165) is 9.86 Å². The standard InChI is InChI=1S/C8H5BrN4/c1-13-8-6(4-11-13)7(9)2-5(3-10)12-8/h2,4H,1H3. The van der Waals surface area contributed by atoms with E-state index in [1.807, 2.05) is 6.07 Å². The van der Waals surface area contributed by atoms with Gasteiger partial charge in [0.25, 0.3) is 0 Å². The molecule has 0 radical (unpaired) electrons. The molecule has 2 rings (SSSR count). The van der Waals surface area contributed by atoms with E-state index in [1.165, 1.54) is 0 Å². The van der Waals surface area contributed by atoms with Crippen LogP contribution in [0.1, 0.15) is 5.69 Å². The van der Waals surface area contributed by atoms with Crippen molar-refractivity contribution in [3.8, 4) is 6.07 Å². The average Bonchev–Trinajstić information content (AvgIpc) is 2.48. The molecule has 0 bridgehead atoms. The zero-order chi connectivity index (χ0) is 9.42. The zero-order valence-corrected chi connectivity index (χ0v) is 8.41. The molecule has 0 saturated carbocycles. The predicted molar refractivity (Wildman–Crippen MR) is 50.9 cm³/mol. The lowest BCUT2D eigenvalue weighted by atomic mass is 10.3. The first kappa shape index (κ1) is 8.20. The minimum Gasteiger partial charge on any atom is -0.250 e. The van der Waals surface area contributed by atoms with Crippen LogP contribution in [0.15, 0.2) is 16.7 Å². The van der Waals surface area contributed by atoms with E-state index in [9.17, 15) is 0 Å². The van der Waals surface area contributed by atoms with Crippen molar-refractivity contribution in [2.75, 3.05) is 0 Å². The van der Waals surface area contributed by atoms with E-state index in [2.05, 4.69) is 26.0 Å². The van der Waals surface area contributed by atoms with Gasteiger partial charge in [-0.15, -0.1) is 0 Å². The highest BCUT2D eigenvalue weighted by atomic mass is 79.9. The van der Waals surface area contributed by atoms with Crippen molar-refractivity contribution in [1.82, 2.24) is 14.8 Å². The number of nitriles is 1. The molecule has 0 atom stereocenters.